The number of aromatic hydroxyl groups is 1. The smallest absolute Gasteiger partial charge is 0.329 e. The molecule has 0 spiro atoms. The van der Waals surface area contributed by atoms with Crippen LogP contribution < -0.4 is 10.6 Å². The van der Waals surface area contributed by atoms with E-state index < -0.39 is 30.1 Å². The van der Waals surface area contributed by atoms with E-state index in [1.54, 1.807) is 13.8 Å². The maximum Gasteiger partial charge on any atom is 0.329 e. The molecule has 2 amide bonds. The second-order valence-electron chi connectivity index (χ2n) is 6.88. The van der Waals surface area contributed by atoms with Gasteiger partial charge in [0.15, 0.2) is 5.69 Å². The van der Waals surface area contributed by atoms with Crippen LogP contribution in [0.15, 0.2) is 18.3 Å². The van der Waals surface area contributed by atoms with Crippen LogP contribution in [0.4, 0.5) is 0 Å². The normalized spacial score (nSPS) is 16.4. The second kappa shape index (κ2) is 9.29. The van der Waals surface area contributed by atoms with E-state index in [1.807, 2.05) is 0 Å². The number of carbonyl (C=O) groups is 3. The number of esters is 1. The molecule has 0 radical (unpaired) electrons. The average Bonchev–Trinajstić information content (AvgIpc) is 3.48. The van der Waals surface area contributed by atoms with Crippen molar-refractivity contribution in [3.05, 3.63) is 24.0 Å². The van der Waals surface area contributed by atoms with Gasteiger partial charge in [0.1, 0.15) is 23.9 Å². The highest BCUT2D eigenvalue weighted by Crippen LogP contribution is 2.33. The molecule has 1 saturated carbocycles. The summed E-state index contributed by atoms with van der Waals surface area (Å²) in [4.78, 5) is 40.4. The maximum absolute atomic E-state index is 12.6. The summed E-state index contributed by atoms with van der Waals surface area (Å²) in [5, 5.41) is 22.9. The fourth-order valence-corrected chi connectivity index (χ4v) is 2.76. The van der Waals surface area contributed by atoms with Gasteiger partial charge in [0.05, 0.1) is 0 Å². The van der Waals surface area contributed by atoms with Gasteiger partial charge in [0.25, 0.3) is 5.91 Å². The van der Waals surface area contributed by atoms with Gasteiger partial charge in [-0.3, -0.25) is 9.59 Å². The molecule has 3 unspecified atom stereocenters. The molecule has 1 fully saturated rings. The maximum atomic E-state index is 12.6. The molecular weight excluding hydrogens is 364 g/mol. The van der Waals surface area contributed by atoms with Crippen LogP contribution in [0.25, 0.3) is 0 Å². The number of hydrogen-bond acceptors (Lipinski definition) is 7. The number of rotatable bonds is 9. The quantitative estimate of drug-likeness (QED) is 0.368. The number of hydrogen-bond donors (Lipinski definition) is 4. The number of aromatic nitrogens is 1. The summed E-state index contributed by atoms with van der Waals surface area (Å²) in [7, 11) is 0. The minimum atomic E-state index is -0.903. The number of nitrogens with zero attached hydrogens (tertiary/aromatic N) is 1. The summed E-state index contributed by atoms with van der Waals surface area (Å²) in [5.74, 6) is -1.74. The van der Waals surface area contributed by atoms with Crippen LogP contribution in [0.3, 0.4) is 0 Å². The minimum absolute atomic E-state index is 0.0507. The third-order valence-electron chi connectivity index (χ3n) is 4.51. The van der Waals surface area contributed by atoms with Gasteiger partial charge in [0, 0.05) is 18.3 Å². The van der Waals surface area contributed by atoms with Crippen LogP contribution in [-0.2, 0) is 14.3 Å². The Bertz CT molecular complexity index is 762. The van der Waals surface area contributed by atoms with Gasteiger partial charge in [-0.2, -0.15) is 0 Å². The molecule has 28 heavy (non-hydrogen) atoms. The first-order valence-electron chi connectivity index (χ1n) is 9.24. The van der Waals surface area contributed by atoms with Crippen LogP contribution in [-0.4, -0.2) is 51.8 Å². The summed E-state index contributed by atoms with van der Waals surface area (Å²) in [6, 6.07) is 1.18. The molecule has 0 aliphatic heterocycles. The zero-order valence-corrected chi connectivity index (χ0v) is 16.2. The van der Waals surface area contributed by atoms with E-state index in [-0.39, 0.29) is 35.4 Å². The first-order valence-corrected chi connectivity index (χ1v) is 9.24. The van der Waals surface area contributed by atoms with E-state index in [0.29, 0.717) is 0 Å². The predicted molar refractivity (Wildman–Crippen MR) is 101 cm³/mol. The molecule has 1 heterocycles. The fraction of sp³-hybridized carbons (Fsp3) is 0.526. The molecule has 9 nitrogen and oxygen atoms in total. The van der Waals surface area contributed by atoms with Crippen molar-refractivity contribution < 1.29 is 24.2 Å². The fourth-order valence-electron chi connectivity index (χ4n) is 2.76. The highest BCUT2D eigenvalue weighted by molar-refractivity contribution is 5.98. The lowest BCUT2D eigenvalue weighted by Crippen LogP contribution is -2.51. The van der Waals surface area contributed by atoms with Gasteiger partial charge in [-0.1, -0.05) is 6.92 Å². The van der Waals surface area contributed by atoms with Crippen molar-refractivity contribution in [1.82, 2.24) is 15.6 Å². The van der Waals surface area contributed by atoms with Crippen LogP contribution in [0.5, 0.6) is 5.75 Å². The van der Waals surface area contributed by atoms with E-state index in [2.05, 4.69) is 15.6 Å². The lowest BCUT2D eigenvalue weighted by molar-refractivity contribution is -0.153. The molecule has 0 saturated heterocycles. The number of nitrogens with one attached hydrogen (secondary N) is 3. The van der Waals surface area contributed by atoms with E-state index >= 15 is 0 Å². The van der Waals surface area contributed by atoms with Gasteiger partial charge in [-0.05, 0) is 44.7 Å². The molecule has 0 aromatic carbocycles. The summed E-state index contributed by atoms with van der Waals surface area (Å²) in [5.41, 5.74) is -0.108. The van der Waals surface area contributed by atoms with Crippen LogP contribution in [0.1, 0.15) is 50.5 Å². The molecule has 152 valence electrons. The van der Waals surface area contributed by atoms with Gasteiger partial charge >= 0.3 is 5.97 Å². The van der Waals surface area contributed by atoms with E-state index in [4.69, 9.17) is 10.1 Å². The highest BCUT2D eigenvalue weighted by atomic mass is 16.5. The van der Waals surface area contributed by atoms with Crippen LogP contribution in [0.2, 0.25) is 0 Å². The molecule has 9 heteroatoms. The first kappa shape index (κ1) is 21.3. The molecule has 1 aliphatic rings. The highest BCUT2D eigenvalue weighted by Gasteiger charge is 2.39. The second-order valence-corrected chi connectivity index (χ2v) is 6.88. The minimum Gasteiger partial charge on any atom is -0.505 e. The van der Waals surface area contributed by atoms with Crippen LogP contribution in [0, 0.1) is 11.3 Å². The van der Waals surface area contributed by atoms with E-state index in [9.17, 15) is 19.5 Å². The number of ether oxygens (including phenoxy) is 1. The lowest BCUT2D eigenvalue weighted by atomic mass is 10.1. The Hall–Kier alpha value is -2.97. The van der Waals surface area contributed by atoms with Crippen molar-refractivity contribution in [2.24, 2.45) is 5.92 Å². The predicted octanol–water partition coefficient (Wildman–Crippen LogP) is 1.16. The molecule has 3 atom stereocenters. The van der Waals surface area contributed by atoms with Gasteiger partial charge in [-0.25, -0.2) is 9.78 Å². The summed E-state index contributed by atoms with van der Waals surface area (Å²) in [6.45, 7) is 4.74. The summed E-state index contributed by atoms with van der Waals surface area (Å²) >= 11 is 0. The summed E-state index contributed by atoms with van der Waals surface area (Å²) < 4.78 is 5.46. The number of amides is 2. The Balaban J connectivity index is 2.05. The topological polar surface area (TPSA) is 141 Å². The van der Waals surface area contributed by atoms with Crippen molar-refractivity contribution in [2.75, 3.05) is 0 Å². The third kappa shape index (κ3) is 5.51. The molecule has 1 aliphatic carbocycles. The molecule has 4 N–H and O–H groups in total. The molecule has 1 aromatic rings. The zero-order valence-electron chi connectivity index (χ0n) is 16.2. The Morgan fingerprint density at radius 1 is 1.36 bits per heavy atom. The van der Waals surface area contributed by atoms with Crippen molar-refractivity contribution >= 4 is 23.5 Å². The summed E-state index contributed by atoms with van der Waals surface area (Å²) in [6.07, 6.45) is 2.44. The molecule has 1 aromatic heterocycles. The Morgan fingerprint density at radius 2 is 2.04 bits per heavy atom. The van der Waals surface area contributed by atoms with Crippen molar-refractivity contribution in [1.29, 1.82) is 5.41 Å². The Morgan fingerprint density at radius 3 is 2.57 bits per heavy atom. The standard InChI is InChI=1S/C19H26N4O5/c1-4-14(25)22-16(12-7-8-12)19(27)28-11(3)15(10(2)20)23-18(26)17-13(24)6-5-9-21-17/h5-6,9,11-12,15-16,20,24H,4,7-8H2,1-3H3,(H,22,25)(H,23,26). The van der Waals surface area contributed by atoms with Crippen LogP contribution >= 0.6 is 0 Å². The molecule has 2 rings (SSSR count). The van der Waals surface area contributed by atoms with E-state index in [0.717, 1.165) is 12.8 Å². The Kier molecular flexibility index (Phi) is 7.08. The number of carbonyl (C=O) groups excluding carboxylic acids is 3. The SMILES string of the molecule is CCC(=O)NC(C(=O)OC(C)C(NC(=O)c1ncccc1O)C(C)=N)C1CC1. The monoisotopic (exact) mass is 390 g/mol. The zero-order chi connectivity index (χ0) is 20.8. The van der Waals surface area contributed by atoms with E-state index in [1.165, 1.54) is 25.3 Å². The first-order chi connectivity index (χ1) is 13.2. The molecule has 0 bridgehead atoms. The molecular formula is C19H26N4O5. The van der Waals surface area contributed by atoms with Gasteiger partial charge in [0.2, 0.25) is 5.91 Å². The third-order valence-corrected chi connectivity index (χ3v) is 4.51. The average molecular weight is 390 g/mol. The largest absolute Gasteiger partial charge is 0.505 e. The lowest BCUT2D eigenvalue weighted by Gasteiger charge is -2.26. The van der Waals surface area contributed by atoms with Crippen molar-refractivity contribution in [3.8, 4) is 5.75 Å². The van der Waals surface area contributed by atoms with Crippen molar-refractivity contribution in [3.63, 3.8) is 0 Å². The Labute approximate surface area is 163 Å². The number of pyridine rings is 1. The van der Waals surface area contributed by atoms with Crippen molar-refractivity contribution in [2.45, 2.75) is 58.2 Å². The van der Waals surface area contributed by atoms with Gasteiger partial charge < -0.3 is 25.9 Å². The van der Waals surface area contributed by atoms with Gasteiger partial charge in [-0.15, -0.1) is 0 Å².